The molecule has 7 heteroatoms. The lowest BCUT2D eigenvalue weighted by Crippen LogP contribution is -2.33. The summed E-state index contributed by atoms with van der Waals surface area (Å²) in [5.41, 5.74) is 5.17. The molecule has 0 amide bonds. The molecule has 3 N–H and O–H groups in total. The maximum absolute atomic E-state index is 13.3. The van der Waals surface area contributed by atoms with Gasteiger partial charge in [0.2, 0.25) is 10.0 Å². The minimum atomic E-state index is -3.75. The van der Waals surface area contributed by atoms with Crippen LogP contribution in [0.4, 0.5) is 10.1 Å². The average Bonchev–Trinajstić information content (AvgIpc) is 2.79. The Morgan fingerprint density at radius 1 is 1.42 bits per heavy atom. The third-order valence-corrected chi connectivity index (χ3v) is 6.02. The molecule has 0 spiro atoms. The number of benzene rings is 1. The minimum absolute atomic E-state index is 0.0925. The molecule has 1 fully saturated rings. The van der Waals surface area contributed by atoms with Crippen LogP contribution in [0.25, 0.3) is 0 Å². The van der Waals surface area contributed by atoms with Crippen molar-refractivity contribution >= 4 is 27.5 Å². The fraction of sp³-hybridized carbons (Fsp3) is 0.500. The Balaban J connectivity index is 2.17. The third kappa shape index (κ3) is 3.21. The third-order valence-electron chi connectivity index (χ3n) is 3.34. The number of anilines is 1. The Labute approximate surface area is 117 Å². The number of halogens is 1. The number of hydrogen-bond donors (Lipinski definition) is 2. The topological polar surface area (TPSA) is 72.2 Å². The number of para-hydroxylation sites is 1. The highest BCUT2D eigenvalue weighted by molar-refractivity contribution is 7.99. The van der Waals surface area contributed by atoms with Gasteiger partial charge >= 0.3 is 0 Å². The summed E-state index contributed by atoms with van der Waals surface area (Å²) in [7, 11) is -3.75. The second kappa shape index (κ2) is 5.68. The van der Waals surface area contributed by atoms with Crippen molar-refractivity contribution in [1.82, 2.24) is 4.72 Å². The van der Waals surface area contributed by atoms with Crippen LogP contribution in [0.5, 0.6) is 0 Å². The van der Waals surface area contributed by atoms with Gasteiger partial charge in [-0.3, -0.25) is 0 Å². The zero-order chi connectivity index (χ0) is 14.0. The predicted octanol–water partition coefficient (Wildman–Crippen LogP) is 1.97. The molecule has 1 aliphatic carbocycles. The van der Waals surface area contributed by atoms with Gasteiger partial charge in [0.25, 0.3) is 0 Å². The molecule has 4 nitrogen and oxygen atoms in total. The highest BCUT2D eigenvalue weighted by Gasteiger charge is 2.29. The molecule has 2 atom stereocenters. The van der Waals surface area contributed by atoms with Crippen molar-refractivity contribution in [1.29, 1.82) is 0 Å². The first-order chi connectivity index (χ1) is 8.94. The molecule has 19 heavy (non-hydrogen) atoms. The summed E-state index contributed by atoms with van der Waals surface area (Å²) in [4.78, 5) is -0.180. The molecule has 2 rings (SSSR count). The van der Waals surface area contributed by atoms with Crippen LogP contribution in [-0.2, 0) is 10.0 Å². The Hall–Kier alpha value is -0.790. The predicted molar refractivity (Wildman–Crippen MR) is 76.1 cm³/mol. The highest BCUT2D eigenvalue weighted by atomic mass is 32.2. The van der Waals surface area contributed by atoms with Gasteiger partial charge in [0, 0.05) is 11.3 Å². The smallest absolute Gasteiger partial charge is 0.242 e. The fourth-order valence-electron chi connectivity index (χ4n) is 2.30. The van der Waals surface area contributed by atoms with Crippen LogP contribution < -0.4 is 10.5 Å². The first-order valence-electron chi connectivity index (χ1n) is 6.03. The average molecular weight is 304 g/mol. The lowest BCUT2D eigenvalue weighted by molar-refractivity contribution is 0.551. The van der Waals surface area contributed by atoms with Gasteiger partial charge in [-0.05, 0) is 37.7 Å². The first kappa shape index (κ1) is 14.6. The fourth-order valence-corrected chi connectivity index (χ4v) is 4.52. The van der Waals surface area contributed by atoms with Gasteiger partial charge in [-0.1, -0.05) is 6.07 Å². The van der Waals surface area contributed by atoms with Gasteiger partial charge in [-0.25, -0.2) is 17.5 Å². The molecule has 2 unspecified atom stereocenters. The van der Waals surface area contributed by atoms with E-state index in [1.54, 1.807) is 11.8 Å². The van der Waals surface area contributed by atoms with E-state index in [2.05, 4.69) is 4.72 Å². The standard InChI is InChI=1S/C12H17FN2O2S2/c1-18-9-6-5-8(7-9)15-19(16,17)11-4-2-3-10(13)12(11)14/h2-4,8-9,15H,5-7,14H2,1H3. The molecule has 1 aliphatic rings. The van der Waals surface area contributed by atoms with Gasteiger partial charge in [0.1, 0.15) is 10.7 Å². The summed E-state index contributed by atoms with van der Waals surface area (Å²) in [5, 5.41) is 0.484. The summed E-state index contributed by atoms with van der Waals surface area (Å²) in [6, 6.07) is 3.72. The number of thioether (sulfide) groups is 1. The molecule has 0 aromatic heterocycles. The highest BCUT2D eigenvalue weighted by Crippen LogP contribution is 2.30. The lowest BCUT2D eigenvalue weighted by atomic mass is 10.3. The maximum Gasteiger partial charge on any atom is 0.242 e. The number of nitrogen functional groups attached to an aromatic ring is 1. The van der Waals surface area contributed by atoms with Crippen molar-refractivity contribution in [2.45, 2.75) is 35.4 Å². The minimum Gasteiger partial charge on any atom is -0.395 e. The van der Waals surface area contributed by atoms with Gasteiger partial charge in [0.15, 0.2) is 0 Å². The van der Waals surface area contributed by atoms with Gasteiger partial charge in [-0.15, -0.1) is 0 Å². The molecule has 1 saturated carbocycles. The first-order valence-corrected chi connectivity index (χ1v) is 8.80. The second-order valence-electron chi connectivity index (χ2n) is 4.64. The molecule has 0 saturated heterocycles. The van der Waals surface area contributed by atoms with E-state index in [9.17, 15) is 12.8 Å². The van der Waals surface area contributed by atoms with Crippen LogP contribution in [0, 0.1) is 5.82 Å². The quantitative estimate of drug-likeness (QED) is 0.834. The molecule has 1 aromatic carbocycles. The van der Waals surface area contributed by atoms with E-state index in [-0.39, 0.29) is 16.6 Å². The monoisotopic (exact) mass is 304 g/mol. The van der Waals surface area contributed by atoms with E-state index < -0.39 is 15.8 Å². The largest absolute Gasteiger partial charge is 0.395 e. The van der Waals surface area contributed by atoms with Crippen LogP contribution in [-0.4, -0.2) is 26.0 Å². The number of hydrogen-bond acceptors (Lipinski definition) is 4. The van der Waals surface area contributed by atoms with Crippen LogP contribution >= 0.6 is 11.8 Å². The zero-order valence-electron chi connectivity index (χ0n) is 10.6. The van der Waals surface area contributed by atoms with E-state index >= 15 is 0 Å². The van der Waals surface area contributed by atoms with Crippen LogP contribution in [0.15, 0.2) is 23.1 Å². The van der Waals surface area contributed by atoms with Crippen molar-refractivity contribution in [2.75, 3.05) is 12.0 Å². The number of rotatable bonds is 4. The number of sulfonamides is 1. The van der Waals surface area contributed by atoms with Crippen LogP contribution in [0.1, 0.15) is 19.3 Å². The molecular weight excluding hydrogens is 287 g/mol. The summed E-state index contributed by atoms with van der Waals surface area (Å²) in [6.07, 6.45) is 4.62. The van der Waals surface area contributed by atoms with E-state index in [0.717, 1.165) is 25.3 Å². The van der Waals surface area contributed by atoms with Gasteiger partial charge < -0.3 is 5.73 Å². The van der Waals surface area contributed by atoms with Crippen LogP contribution in [0.2, 0.25) is 0 Å². The van der Waals surface area contributed by atoms with Crippen molar-refractivity contribution in [3.8, 4) is 0 Å². The van der Waals surface area contributed by atoms with E-state index in [1.165, 1.54) is 12.1 Å². The second-order valence-corrected chi connectivity index (χ2v) is 7.46. The molecule has 0 bridgehead atoms. The Morgan fingerprint density at radius 3 is 2.79 bits per heavy atom. The molecule has 1 aromatic rings. The molecule has 0 radical (unpaired) electrons. The number of nitrogens with one attached hydrogen (secondary N) is 1. The van der Waals surface area contributed by atoms with Gasteiger partial charge in [-0.2, -0.15) is 11.8 Å². The van der Waals surface area contributed by atoms with Crippen molar-refractivity contribution in [3.05, 3.63) is 24.0 Å². The normalized spacial score (nSPS) is 23.7. The van der Waals surface area contributed by atoms with Crippen molar-refractivity contribution in [3.63, 3.8) is 0 Å². The van der Waals surface area contributed by atoms with Crippen LogP contribution in [0.3, 0.4) is 0 Å². The van der Waals surface area contributed by atoms with E-state index in [1.807, 2.05) is 6.26 Å². The van der Waals surface area contributed by atoms with E-state index in [4.69, 9.17) is 5.73 Å². The molecule has 0 heterocycles. The van der Waals surface area contributed by atoms with E-state index in [0.29, 0.717) is 5.25 Å². The number of nitrogens with two attached hydrogens (primary N) is 1. The summed E-state index contributed by atoms with van der Waals surface area (Å²) < 4.78 is 40.3. The Morgan fingerprint density at radius 2 is 2.16 bits per heavy atom. The Bertz CT molecular complexity index is 563. The molecular formula is C12H17FN2O2S2. The SMILES string of the molecule is CSC1CCC(NS(=O)(=O)c2cccc(F)c2N)C1. The molecule has 106 valence electrons. The lowest BCUT2D eigenvalue weighted by Gasteiger charge is -2.14. The van der Waals surface area contributed by atoms with Gasteiger partial charge in [0.05, 0.1) is 5.69 Å². The van der Waals surface area contributed by atoms with Crippen molar-refractivity contribution < 1.29 is 12.8 Å². The summed E-state index contributed by atoms with van der Waals surface area (Å²) in [5.74, 6) is -0.712. The Kier molecular flexibility index (Phi) is 4.37. The van der Waals surface area contributed by atoms with Crippen molar-refractivity contribution in [2.24, 2.45) is 0 Å². The zero-order valence-corrected chi connectivity index (χ0v) is 12.2. The summed E-state index contributed by atoms with van der Waals surface area (Å²) >= 11 is 1.74. The summed E-state index contributed by atoms with van der Waals surface area (Å²) in [6.45, 7) is 0. The maximum atomic E-state index is 13.3. The molecule has 0 aliphatic heterocycles.